The number of nitrogens with one attached hydrogen (secondary N) is 1. The molecule has 0 bridgehead atoms. The molecule has 0 spiro atoms. The lowest BCUT2D eigenvalue weighted by Crippen LogP contribution is -2.52. The molecule has 0 aromatic carbocycles. The van der Waals surface area contributed by atoms with Crippen molar-refractivity contribution in [1.82, 2.24) is 5.32 Å². The first-order chi connectivity index (χ1) is 7.29. The van der Waals surface area contributed by atoms with Gasteiger partial charge in [-0.1, -0.05) is 27.7 Å². The Morgan fingerprint density at radius 2 is 1.76 bits per heavy atom. The van der Waals surface area contributed by atoms with Crippen LogP contribution in [0.2, 0.25) is 0 Å². The van der Waals surface area contributed by atoms with E-state index in [-0.39, 0.29) is 23.9 Å². The Bertz CT molecular complexity index is 219. The Hall–Kier alpha value is -0.280. The molecule has 0 aliphatic heterocycles. The van der Waals surface area contributed by atoms with Crippen LogP contribution in [-0.4, -0.2) is 18.0 Å². The van der Waals surface area contributed by atoms with Gasteiger partial charge in [0.1, 0.15) is 0 Å². The van der Waals surface area contributed by atoms with E-state index in [0.29, 0.717) is 24.8 Å². The van der Waals surface area contributed by atoms with Crippen molar-refractivity contribution in [3.8, 4) is 0 Å². The van der Waals surface area contributed by atoms with E-state index in [1.807, 2.05) is 6.92 Å². The highest BCUT2D eigenvalue weighted by Gasteiger charge is 2.25. The lowest BCUT2D eigenvalue weighted by Gasteiger charge is -2.31. The van der Waals surface area contributed by atoms with Gasteiger partial charge < -0.3 is 11.1 Å². The molecule has 0 rings (SSSR count). The van der Waals surface area contributed by atoms with Crippen LogP contribution >= 0.6 is 12.4 Å². The second-order valence-corrected chi connectivity index (χ2v) is 5.84. The maximum Gasteiger partial charge on any atom is 0.220 e. The standard InChI is InChI=1S/C13H28N2O.ClH/c1-10(2)6-7-12(16)15-13(5,9-14)8-11(3)4;/h10-11H,6-9,14H2,1-5H3,(H,15,16);1H. The average Bonchev–Trinajstić information content (AvgIpc) is 2.13. The van der Waals surface area contributed by atoms with Gasteiger partial charge in [-0.25, -0.2) is 0 Å². The summed E-state index contributed by atoms with van der Waals surface area (Å²) in [6, 6.07) is 0. The SMILES string of the molecule is CC(C)CCC(=O)NC(C)(CN)CC(C)C.Cl. The van der Waals surface area contributed by atoms with E-state index in [1.54, 1.807) is 0 Å². The molecular formula is C13H29ClN2O. The molecule has 0 saturated heterocycles. The fraction of sp³-hybridized carbons (Fsp3) is 0.923. The van der Waals surface area contributed by atoms with Crippen LogP contribution in [0.15, 0.2) is 0 Å². The molecule has 3 N–H and O–H groups in total. The molecular weight excluding hydrogens is 236 g/mol. The van der Waals surface area contributed by atoms with Crippen molar-refractivity contribution < 1.29 is 4.79 Å². The van der Waals surface area contributed by atoms with E-state index in [9.17, 15) is 4.79 Å². The van der Waals surface area contributed by atoms with Gasteiger partial charge in [0, 0.05) is 18.5 Å². The lowest BCUT2D eigenvalue weighted by molar-refractivity contribution is -0.123. The maximum atomic E-state index is 11.7. The largest absolute Gasteiger partial charge is 0.350 e. The summed E-state index contributed by atoms with van der Waals surface area (Å²) >= 11 is 0. The summed E-state index contributed by atoms with van der Waals surface area (Å²) in [4.78, 5) is 11.7. The lowest BCUT2D eigenvalue weighted by atomic mass is 9.90. The van der Waals surface area contributed by atoms with Crippen LogP contribution in [0.1, 0.15) is 53.9 Å². The molecule has 0 aliphatic rings. The number of rotatable bonds is 7. The Morgan fingerprint density at radius 1 is 1.24 bits per heavy atom. The van der Waals surface area contributed by atoms with Crippen molar-refractivity contribution in [3.05, 3.63) is 0 Å². The zero-order valence-electron chi connectivity index (χ0n) is 11.9. The molecule has 0 saturated carbocycles. The first-order valence-corrected chi connectivity index (χ1v) is 6.30. The number of hydrogen-bond donors (Lipinski definition) is 2. The third-order valence-corrected chi connectivity index (χ3v) is 2.70. The van der Waals surface area contributed by atoms with Gasteiger partial charge in [-0.2, -0.15) is 0 Å². The summed E-state index contributed by atoms with van der Waals surface area (Å²) in [7, 11) is 0. The van der Waals surface area contributed by atoms with Crippen LogP contribution in [0.3, 0.4) is 0 Å². The minimum atomic E-state index is -0.248. The van der Waals surface area contributed by atoms with Gasteiger partial charge in [-0.05, 0) is 31.6 Å². The van der Waals surface area contributed by atoms with Crippen molar-refractivity contribution in [2.24, 2.45) is 17.6 Å². The average molecular weight is 265 g/mol. The van der Waals surface area contributed by atoms with Crippen molar-refractivity contribution in [3.63, 3.8) is 0 Å². The Labute approximate surface area is 112 Å². The number of amides is 1. The monoisotopic (exact) mass is 264 g/mol. The summed E-state index contributed by atoms with van der Waals surface area (Å²) in [5.74, 6) is 1.24. The normalized spacial score (nSPS) is 14.4. The second kappa shape index (κ2) is 8.76. The molecule has 4 heteroatoms. The number of carbonyl (C=O) groups is 1. The molecule has 1 amide bonds. The second-order valence-electron chi connectivity index (χ2n) is 5.84. The minimum Gasteiger partial charge on any atom is -0.350 e. The maximum absolute atomic E-state index is 11.7. The molecule has 1 unspecified atom stereocenters. The number of hydrogen-bond acceptors (Lipinski definition) is 2. The third kappa shape index (κ3) is 9.42. The van der Waals surface area contributed by atoms with E-state index in [2.05, 4.69) is 33.0 Å². The van der Waals surface area contributed by atoms with Gasteiger partial charge in [0.2, 0.25) is 5.91 Å². The smallest absolute Gasteiger partial charge is 0.220 e. The molecule has 0 aliphatic carbocycles. The molecule has 0 aromatic heterocycles. The van der Waals surface area contributed by atoms with Gasteiger partial charge in [-0.3, -0.25) is 4.79 Å². The topological polar surface area (TPSA) is 55.1 Å². The van der Waals surface area contributed by atoms with Gasteiger partial charge in [0.15, 0.2) is 0 Å². The van der Waals surface area contributed by atoms with Crippen LogP contribution in [0, 0.1) is 11.8 Å². The van der Waals surface area contributed by atoms with E-state index in [1.165, 1.54) is 0 Å². The van der Waals surface area contributed by atoms with Gasteiger partial charge in [-0.15, -0.1) is 12.4 Å². The minimum absolute atomic E-state index is 0. The fourth-order valence-electron chi connectivity index (χ4n) is 1.91. The fourth-order valence-corrected chi connectivity index (χ4v) is 1.91. The van der Waals surface area contributed by atoms with Crippen LogP contribution in [-0.2, 0) is 4.79 Å². The first kappa shape index (κ1) is 19.1. The van der Waals surface area contributed by atoms with Crippen molar-refractivity contribution in [2.75, 3.05) is 6.54 Å². The number of halogens is 1. The number of nitrogens with two attached hydrogens (primary N) is 1. The third-order valence-electron chi connectivity index (χ3n) is 2.70. The molecule has 0 heterocycles. The van der Waals surface area contributed by atoms with Crippen LogP contribution in [0.5, 0.6) is 0 Å². The van der Waals surface area contributed by atoms with E-state index in [0.717, 1.165) is 12.8 Å². The van der Waals surface area contributed by atoms with E-state index in [4.69, 9.17) is 5.73 Å². The predicted octanol–water partition coefficient (Wildman–Crippen LogP) is 2.72. The van der Waals surface area contributed by atoms with Crippen molar-refractivity contribution in [2.45, 2.75) is 59.4 Å². The quantitative estimate of drug-likeness (QED) is 0.743. The van der Waals surface area contributed by atoms with Crippen molar-refractivity contribution in [1.29, 1.82) is 0 Å². The van der Waals surface area contributed by atoms with Gasteiger partial charge >= 0.3 is 0 Å². The van der Waals surface area contributed by atoms with Crippen LogP contribution in [0.4, 0.5) is 0 Å². The Morgan fingerprint density at radius 3 is 2.12 bits per heavy atom. The summed E-state index contributed by atoms with van der Waals surface area (Å²) in [6.07, 6.45) is 2.47. The summed E-state index contributed by atoms with van der Waals surface area (Å²) in [5, 5.41) is 3.07. The van der Waals surface area contributed by atoms with Crippen LogP contribution in [0.25, 0.3) is 0 Å². The molecule has 3 nitrogen and oxygen atoms in total. The Balaban J connectivity index is 0. The first-order valence-electron chi connectivity index (χ1n) is 6.30. The molecule has 0 aromatic rings. The predicted molar refractivity (Wildman–Crippen MR) is 76.4 cm³/mol. The molecule has 1 atom stereocenters. The zero-order chi connectivity index (χ0) is 12.8. The molecule has 104 valence electrons. The molecule has 17 heavy (non-hydrogen) atoms. The van der Waals surface area contributed by atoms with Crippen LogP contribution < -0.4 is 11.1 Å². The summed E-state index contributed by atoms with van der Waals surface area (Å²) < 4.78 is 0. The van der Waals surface area contributed by atoms with Gasteiger partial charge in [0.05, 0.1) is 0 Å². The summed E-state index contributed by atoms with van der Waals surface area (Å²) in [5.41, 5.74) is 5.50. The molecule has 0 fully saturated rings. The van der Waals surface area contributed by atoms with Crippen molar-refractivity contribution >= 4 is 18.3 Å². The molecule has 0 radical (unpaired) electrons. The highest BCUT2D eigenvalue weighted by atomic mass is 35.5. The van der Waals surface area contributed by atoms with E-state index < -0.39 is 0 Å². The van der Waals surface area contributed by atoms with E-state index >= 15 is 0 Å². The highest BCUT2D eigenvalue weighted by Crippen LogP contribution is 2.16. The highest BCUT2D eigenvalue weighted by molar-refractivity contribution is 5.85. The summed E-state index contributed by atoms with van der Waals surface area (Å²) in [6.45, 7) is 11.1. The van der Waals surface area contributed by atoms with Gasteiger partial charge in [0.25, 0.3) is 0 Å². The zero-order valence-corrected chi connectivity index (χ0v) is 12.7. The number of carbonyl (C=O) groups excluding carboxylic acids is 1. The Kier molecular flexibility index (Phi) is 9.82.